The van der Waals surface area contributed by atoms with Crippen LogP contribution in [0.2, 0.25) is 0 Å². The minimum atomic E-state index is -0.253. The lowest BCUT2D eigenvalue weighted by atomic mass is 10.0. The van der Waals surface area contributed by atoms with Gasteiger partial charge in [0.2, 0.25) is 5.91 Å². The van der Waals surface area contributed by atoms with Gasteiger partial charge in [0.05, 0.1) is 6.04 Å². The zero-order valence-corrected chi connectivity index (χ0v) is 12.6. The fourth-order valence-electron chi connectivity index (χ4n) is 3.43. The molecule has 1 N–H and O–H groups in total. The zero-order chi connectivity index (χ0) is 15.8. The molecule has 23 heavy (non-hydrogen) atoms. The van der Waals surface area contributed by atoms with Gasteiger partial charge in [-0.1, -0.05) is 30.3 Å². The standard InChI is InChI=1S/C19H17FN2O/c20-14-6-7-17-15(10-14)16(11-21-17)18-8-9-19(23)22(18)12-13-4-2-1-3-5-13/h1-7,10-11,18,21H,8-9,12H2/t18-/m1/s1. The van der Waals surface area contributed by atoms with Crippen LogP contribution in [0.4, 0.5) is 4.39 Å². The molecule has 0 unspecified atom stereocenters. The SMILES string of the molecule is O=C1CC[C@H](c2c[nH]c3ccc(F)cc23)N1Cc1ccccc1. The highest BCUT2D eigenvalue weighted by molar-refractivity contribution is 5.86. The maximum Gasteiger partial charge on any atom is 0.223 e. The van der Waals surface area contributed by atoms with Gasteiger partial charge in [-0.05, 0) is 30.2 Å². The van der Waals surface area contributed by atoms with E-state index in [-0.39, 0.29) is 17.8 Å². The van der Waals surface area contributed by atoms with Crippen molar-refractivity contribution in [2.45, 2.75) is 25.4 Å². The summed E-state index contributed by atoms with van der Waals surface area (Å²) in [6.45, 7) is 0.590. The minimum absolute atomic E-state index is 0.00161. The van der Waals surface area contributed by atoms with Crippen molar-refractivity contribution in [2.75, 3.05) is 0 Å². The normalized spacial score (nSPS) is 18.0. The van der Waals surface area contributed by atoms with E-state index in [1.165, 1.54) is 6.07 Å². The van der Waals surface area contributed by atoms with Crippen molar-refractivity contribution in [2.24, 2.45) is 0 Å². The number of aromatic amines is 1. The molecule has 0 radical (unpaired) electrons. The summed E-state index contributed by atoms with van der Waals surface area (Å²) in [4.78, 5) is 17.4. The molecule has 1 aliphatic heterocycles. The van der Waals surface area contributed by atoms with Crippen LogP contribution in [0.5, 0.6) is 0 Å². The maximum atomic E-state index is 13.6. The van der Waals surface area contributed by atoms with Gasteiger partial charge in [-0.2, -0.15) is 0 Å². The molecule has 3 aromatic rings. The van der Waals surface area contributed by atoms with E-state index in [1.54, 1.807) is 12.1 Å². The number of hydrogen-bond acceptors (Lipinski definition) is 1. The summed E-state index contributed by atoms with van der Waals surface area (Å²) in [5, 5.41) is 0.864. The molecule has 1 aromatic heterocycles. The van der Waals surface area contributed by atoms with Crippen molar-refractivity contribution in [1.82, 2.24) is 9.88 Å². The van der Waals surface area contributed by atoms with E-state index in [9.17, 15) is 9.18 Å². The monoisotopic (exact) mass is 308 g/mol. The predicted octanol–water partition coefficient (Wildman–Crippen LogP) is 4.17. The Kier molecular flexibility index (Phi) is 3.37. The second kappa shape index (κ2) is 5.54. The average Bonchev–Trinajstić information content (AvgIpc) is 3.12. The Hall–Kier alpha value is -2.62. The fraction of sp³-hybridized carbons (Fsp3) is 0.211. The molecule has 0 saturated carbocycles. The van der Waals surface area contributed by atoms with Crippen molar-refractivity contribution < 1.29 is 9.18 Å². The molecule has 1 saturated heterocycles. The third-order valence-corrected chi connectivity index (χ3v) is 4.56. The highest BCUT2D eigenvalue weighted by Gasteiger charge is 2.33. The molecule has 2 aromatic carbocycles. The van der Waals surface area contributed by atoms with Crippen molar-refractivity contribution in [3.8, 4) is 0 Å². The summed E-state index contributed by atoms with van der Waals surface area (Å²) in [6.07, 6.45) is 3.22. The number of amides is 1. The van der Waals surface area contributed by atoms with E-state index >= 15 is 0 Å². The Balaban J connectivity index is 1.71. The molecule has 3 nitrogen and oxygen atoms in total. The number of likely N-dealkylation sites (tertiary alicyclic amines) is 1. The van der Waals surface area contributed by atoms with Crippen LogP contribution in [0.15, 0.2) is 54.7 Å². The fourth-order valence-corrected chi connectivity index (χ4v) is 3.43. The molecule has 116 valence electrons. The molecule has 1 fully saturated rings. The second-order valence-electron chi connectivity index (χ2n) is 6.00. The van der Waals surface area contributed by atoms with Crippen LogP contribution in [0.3, 0.4) is 0 Å². The third-order valence-electron chi connectivity index (χ3n) is 4.56. The molecular weight excluding hydrogens is 291 g/mol. The molecule has 1 amide bonds. The van der Waals surface area contributed by atoms with Gasteiger partial charge in [-0.25, -0.2) is 4.39 Å². The molecule has 0 bridgehead atoms. The Morgan fingerprint density at radius 1 is 1.17 bits per heavy atom. The largest absolute Gasteiger partial charge is 0.361 e. The smallest absolute Gasteiger partial charge is 0.223 e. The van der Waals surface area contributed by atoms with Crippen LogP contribution in [-0.4, -0.2) is 15.8 Å². The van der Waals surface area contributed by atoms with Crippen LogP contribution in [0, 0.1) is 5.82 Å². The molecule has 4 rings (SSSR count). The maximum absolute atomic E-state index is 13.6. The van der Waals surface area contributed by atoms with Crippen LogP contribution in [0.25, 0.3) is 10.9 Å². The summed E-state index contributed by atoms with van der Waals surface area (Å²) >= 11 is 0. The lowest BCUT2D eigenvalue weighted by molar-refractivity contribution is -0.129. The number of aromatic nitrogens is 1. The number of hydrogen-bond donors (Lipinski definition) is 1. The van der Waals surface area contributed by atoms with Gasteiger partial charge in [0.1, 0.15) is 5.82 Å². The molecule has 2 heterocycles. The van der Waals surface area contributed by atoms with Crippen molar-refractivity contribution in [3.05, 3.63) is 71.7 Å². The molecule has 0 aliphatic carbocycles. The van der Waals surface area contributed by atoms with Gasteiger partial charge < -0.3 is 9.88 Å². The zero-order valence-electron chi connectivity index (χ0n) is 12.6. The summed E-state index contributed by atoms with van der Waals surface area (Å²) in [6, 6.07) is 14.7. The van der Waals surface area contributed by atoms with Gasteiger partial charge >= 0.3 is 0 Å². The Bertz CT molecular complexity index is 856. The van der Waals surface area contributed by atoms with E-state index in [1.807, 2.05) is 41.4 Å². The number of nitrogens with one attached hydrogen (secondary N) is 1. The first-order chi connectivity index (χ1) is 11.2. The number of carbonyl (C=O) groups is 1. The summed E-state index contributed by atoms with van der Waals surface area (Å²) in [5.74, 6) is -0.0955. The Morgan fingerprint density at radius 3 is 2.83 bits per heavy atom. The molecular formula is C19H17FN2O. The lowest BCUT2D eigenvalue weighted by Gasteiger charge is -2.25. The number of halogens is 1. The van der Waals surface area contributed by atoms with E-state index in [0.717, 1.165) is 28.5 Å². The molecule has 0 spiro atoms. The second-order valence-corrected chi connectivity index (χ2v) is 6.00. The summed E-state index contributed by atoms with van der Waals surface area (Å²) in [7, 11) is 0. The van der Waals surface area contributed by atoms with Crippen LogP contribution >= 0.6 is 0 Å². The highest BCUT2D eigenvalue weighted by Crippen LogP contribution is 2.37. The number of rotatable bonds is 3. The van der Waals surface area contributed by atoms with Gasteiger partial charge in [0, 0.05) is 35.6 Å². The Morgan fingerprint density at radius 2 is 2.00 bits per heavy atom. The van der Waals surface area contributed by atoms with E-state index in [2.05, 4.69) is 4.98 Å². The number of fused-ring (bicyclic) bond motifs is 1. The van der Waals surface area contributed by atoms with Gasteiger partial charge in [-0.3, -0.25) is 4.79 Å². The first-order valence-corrected chi connectivity index (χ1v) is 7.82. The first-order valence-electron chi connectivity index (χ1n) is 7.82. The Labute approximate surface area is 133 Å². The number of nitrogens with zero attached hydrogens (tertiary/aromatic N) is 1. The lowest BCUT2D eigenvalue weighted by Crippen LogP contribution is -2.27. The van der Waals surface area contributed by atoms with E-state index in [4.69, 9.17) is 0 Å². The minimum Gasteiger partial charge on any atom is -0.361 e. The van der Waals surface area contributed by atoms with Gasteiger partial charge in [0.25, 0.3) is 0 Å². The topological polar surface area (TPSA) is 36.1 Å². The molecule has 4 heteroatoms. The van der Waals surface area contributed by atoms with Crippen LogP contribution < -0.4 is 0 Å². The van der Waals surface area contributed by atoms with Gasteiger partial charge in [-0.15, -0.1) is 0 Å². The summed E-state index contributed by atoms with van der Waals surface area (Å²) in [5.41, 5.74) is 3.01. The first kappa shape index (κ1) is 14.0. The highest BCUT2D eigenvalue weighted by atomic mass is 19.1. The number of H-pyrrole nitrogens is 1. The van der Waals surface area contributed by atoms with Gasteiger partial charge in [0.15, 0.2) is 0 Å². The van der Waals surface area contributed by atoms with E-state index < -0.39 is 0 Å². The number of benzene rings is 2. The van der Waals surface area contributed by atoms with Crippen LogP contribution in [0.1, 0.15) is 30.0 Å². The molecule has 1 atom stereocenters. The predicted molar refractivity (Wildman–Crippen MR) is 87.2 cm³/mol. The van der Waals surface area contributed by atoms with Crippen LogP contribution in [-0.2, 0) is 11.3 Å². The van der Waals surface area contributed by atoms with Crippen molar-refractivity contribution in [3.63, 3.8) is 0 Å². The summed E-state index contributed by atoms with van der Waals surface area (Å²) < 4.78 is 13.6. The van der Waals surface area contributed by atoms with Crippen molar-refractivity contribution in [1.29, 1.82) is 0 Å². The average molecular weight is 308 g/mol. The molecule has 1 aliphatic rings. The third kappa shape index (κ3) is 2.50. The van der Waals surface area contributed by atoms with Crippen molar-refractivity contribution >= 4 is 16.8 Å². The number of carbonyl (C=O) groups excluding carboxylic acids is 1. The van der Waals surface area contributed by atoms with E-state index in [0.29, 0.717) is 13.0 Å². The quantitative estimate of drug-likeness (QED) is 0.774.